The van der Waals surface area contributed by atoms with Crippen LogP contribution in [0.3, 0.4) is 0 Å². The van der Waals surface area contributed by atoms with Gasteiger partial charge >= 0.3 is 0 Å². The lowest BCUT2D eigenvalue weighted by atomic mass is 10.1. The molecular weight excluding hydrogens is 224 g/mol. The molecule has 1 atom stereocenters. The molecule has 0 amide bonds. The summed E-state index contributed by atoms with van der Waals surface area (Å²) < 4.78 is 0. The number of pyridine rings is 1. The topological polar surface area (TPSA) is 48.9 Å². The van der Waals surface area contributed by atoms with Crippen molar-refractivity contribution in [2.45, 2.75) is 13.0 Å². The SMILES string of the molecule is C=CC(O)c1ncc(C)c2c1[nH]c1ccccc12. The van der Waals surface area contributed by atoms with Crippen LogP contribution in [0, 0.1) is 6.92 Å². The van der Waals surface area contributed by atoms with Crippen LogP contribution >= 0.6 is 0 Å². The number of aliphatic hydroxyl groups excluding tert-OH is 1. The number of aromatic nitrogens is 2. The van der Waals surface area contributed by atoms with Crippen LogP contribution in [0.5, 0.6) is 0 Å². The predicted molar refractivity (Wildman–Crippen MR) is 73.5 cm³/mol. The van der Waals surface area contributed by atoms with E-state index in [9.17, 15) is 5.11 Å². The number of fused-ring (bicyclic) bond motifs is 3. The second-order valence-corrected chi connectivity index (χ2v) is 4.43. The van der Waals surface area contributed by atoms with E-state index < -0.39 is 6.10 Å². The third kappa shape index (κ3) is 1.45. The Kier molecular flexibility index (Phi) is 2.42. The second kappa shape index (κ2) is 3.96. The van der Waals surface area contributed by atoms with Gasteiger partial charge in [0.25, 0.3) is 0 Å². The summed E-state index contributed by atoms with van der Waals surface area (Å²) in [4.78, 5) is 7.65. The van der Waals surface area contributed by atoms with Crippen LogP contribution in [0.1, 0.15) is 17.4 Å². The van der Waals surface area contributed by atoms with Gasteiger partial charge < -0.3 is 10.1 Å². The van der Waals surface area contributed by atoms with E-state index in [-0.39, 0.29) is 0 Å². The number of aliphatic hydroxyl groups is 1. The number of hydrogen-bond donors (Lipinski definition) is 2. The number of rotatable bonds is 2. The molecule has 2 heterocycles. The molecule has 0 fully saturated rings. The standard InChI is InChI=1S/C15H14N2O/c1-3-12(18)14-15-13(9(2)8-16-14)10-6-4-5-7-11(10)17-15/h3-8,12,17-18H,1H2,2H3. The Bertz CT molecular complexity index is 743. The molecule has 1 aromatic carbocycles. The zero-order valence-corrected chi connectivity index (χ0v) is 10.1. The molecule has 0 aliphatic carbocycles. The smallest absolute Gasteiger partial charge is 0.116 e. The van der Waals surface area contributed by atoms with E-state index in [4.69, 9.17) is 0 Å². The fourth-order valence-electron chi connectivity index (χ4n) is 2.38. The molecule has 3 heteroatoms. The molecule has 3 aromatic rings. The van der Waals surface area contributed by atoms with Gasteiger partial charge in [-0.15, -0.1) is 6.58 Å². The maximum atomic E-state index is 9.94. The van der Waals surface area contributed by atoms with E-state index in [0.29, 0.717) is 5.69 Å². The monoisotopic (exact) mass is 238 g/mol. The number of nitrogens with zero attached hydrogens (tertiary/aromatic N) is 1. The predicted octanol–water partition coefficient (Wildman–Crippen LogP) is 3.24. The highest BCUT2D eigenvalue weighted by atomic mass is 16.3. The van der Waals surface area contributed by atoms with Gasteiger partial charge in [0.15, 0.2) is 0 Å². The van der Waals surface area contributed by atoms with Gasteiger partial charge in [-0.2, -0.15) is 0 Å². The van der Waals surface area contributed by atoms with Gasteiger partial charge in [-0.1, -0.05) is 24.3 Å². The minimum absolute atomic E-state index is 0.627. The molecule has 90 valence electrons. The van der Waals surface area contributed by atoms with Crippen molar-refractivity contribution in [2.75, 3.05) is 0 Å². The zero-order valence-electron chi connectivity index (χ0n) is 10.1. The van der Waals surface area contributed by atoms with Crippen molar-refractivity contribution in [3.63, 3.8) is 0 Å². The number of aromatic amines is 1. The van der Waals surface area contributed by atoms with E-state index in [1.54, 1.807) is 6.20 Å². The van der Waals surface area contributed by atoms with E-state index in [2.05, 4.69) is 22.6 Å². The Labute approximate surface area is 105 Å². The van der Waals surface area contributed by atoms with Crippen molar-refractivity contribution in [1.82, 2.24) is 9.97 Å². The van der Waals surface area contributed by atoms with Crippen LogP contribution in [0.25, 0.3) is 21.8 Å². The minimum Gasteiger partial charge on any atom is -0.383 e. The molecule has 0 saturated heterocycles. The number of H-pyrrole nitrogens is 1. The molecular formula is C15H14N2O. The quantitative estimate of drug-likeness (QED) is 0.673. The maximum Gasteiger partial charge on any atom is 0.116 e. The number of benzene rings is 1. The molecule has 2 aromatic heterocycles. The molecule has 0 aliphatic rings. The third-order valence-corrected chi connectivity index (χ3v) is 3.26. The molecule has 18 heavy (non-hydrogen) atoms. The van der Waals surface area contributed by atoms with Crippen molar-refractivity contribution in [2.24, 2.45) is 0 Å². The normalized spacial score (nSPS) is 13.0. The lowest BCUT2D eigenvalue weighted by molar-refractivity contribution is 0.225. The largest absolute Gasteiger partial charge is 0.383 e. The first-order valence-corrected chi connectivity index (χ1v) is 5.89. The first-order valence-electron chi connectivity index (χ1n) is 5.89. The molecule has 2 N–H and O–H groups in total. The Morgan fingerprint density at radius 2 is 2.17 bits per heavy atom. The first-order chi connectivity index (χ1) is 8.72. The average molecular weight is 238 g/mol. The molecule has 0 radical (unpaired) electrons. The molecule has 0 saturated carbocycles. The van der Waals surface area contributed by atoms with Crippen molar-refractivity contribution in [1.29, 1.82) is 0 Å². The van der Waals surface area contributed by atoms with Crippen molar-refractivity contribution >= 4 is 21.8 Å². The van der Waals surface area contributed by atoms with Crippen molar-refractivity contribution in [3.8, 4) is 0 Å². The van der Waals surface area contributed by atoms with E-state index in [1.165, 1.54) is 6.08 Å². The maximum absolute atomic E-state index is 9.94. The van der Waals surface area contributed by atoms with Crippen LogP contribution in [0.2, 0.25) is 0 Å². The van der Waals surface area contributed by atoms with Crippen LogP contribution in [0.4, 0.5) is 0 Å². The number of aryl methyl sites for hydroxylation is 1. The summed E-state index contributed by atoms with van der Waals surface area (Å²) in [5, 5.41) is 12.2. The Morgan fingerprint density at radius 1 is 1.39 bits per heavy atom. The summed E-state index contributed by atoms with van der Waals surface area (Å²) in [6, 6.07) is 8.10. The zero-order chi connectivity index (χ0) is 12.7. The molecule has 0 aliphatic heterocycles. The molecule has 3 rings (SSSR count). The van der Waals surface area contributed by atoms with Crippen LogP contribution in [0.15, 0.2) is 43.1 Å². The summed E-state index contributed by atoms with van der Waals surface area (Å²) in [6.07, 6.45) is 2.54. The Balaban J connectivity index is 2.48. The van der Waals surface area contributed by atoms with Gasteiger partial charge in [-0.05, 0) is 18.6 Å². The van der Waals surface area contributed by atoms with Gasteiger partial charge in [-0.25, -0.2) is 0 Å². The molecule has 3 nitrogen and oxygen atoms in total. The molecule has 1 unspecified atom stereocenters. The molecule has 0 bridgehead atoms. The van der Waals surface area contributed by atoms with Gasteiger partial charge in [0.1, 0.15) is 6.10 Å². The second-order valence-electron chi connectivity index (χ2n) is 4.43. The van der Waals surface area contributed by atoms with E-state index in [1.807, 2.05) is 25.1 Å². The highest BCUT2D eigenvalue weighted by molar-refractivity contribution is 6.09. The fraction of sp³-hybridized carbons (Fsp3) is 0.133. The summed E-state index contributed by atoms with van der Waals surface area (Å²) in [5.74, 6) is 0. The van der Waals surface area contributed by atoms with Crippen molar-refractivity contribution < 1.29 is 5.11 Å². The highest BCUT2D eigenvalue weighted by Gasteiger charge is 2.15. The third-order valence-electron chi connectivity index (χ3n) is 3.26. The van der Waals surface area contributed by atoms with Crippen LogP contribution in [-0.4, -0.2) is 15.1 Å². The number of para-hydroxylation sites is 1. The lowest BCUT2D eigenvalue weighted by Gasteiger charge is -2.07. The van der Waals surface area contributed by atoms with Gasteiger partial charge in [0.2, 0.25) is 0 Å². The van der Waals surface area contributed by atoms with Crippen LogP contribution < -0.4 is 0 Å². The summed E-state index contributed by atoms with van der Waals surface area (Å²) in [7, 11) is 0. The Morgan fingerprint density at radius 3 is 2.94 bits per heavy atom. The van der Waals surface area contributed by atoms with Gasteiger partial charge in [0.05, 0.1) is 11.2 Å². The summed E-state index contributed by atoms with van der Waals surface area (Å²) in [6.45, 7) is 5.64. The summed E-state index contributed by atoms with van der Waals surface area (Å²) >= 11 is 0. The fourth-order valence-corrected chi connectivity index (χ4v) is 2.38. The minimum atomic E-state index is -0.749. The molecule has 0 spiro atoms. The summed E-state index contributed by atoms with van der Waals surface area (Å²) in [5.41, 5.74) is 3.67. The van der Waals surface area contributed by atoms with Crippen LogP contribution in [-0.2, 0) is 0 Å². The number of hydrogen-bond acceptors (Lipinski definition) is 2. The highest BCUT2D eigenvalue weighted by Crippen LogP contribution is 2.31. The van der Waals surface area contributed by atoms with Gasteiger partial charge in [-0.3, -0.25) is 4.98 Å². The number of nitrogens with one attached hydrogen (secondary N) is 1. The van der Waals surface area contributed by atoms with Gasteiger partial charge in [0, 0.05) is 22.5 Å². The lowest BCUT2D eigenvalue weighted by Crippen LogP contribution is -1.98. The van der Waals surface area contributed by atoms with E-state index >= 15 is 0 Å². The van der Waals surface area contributed by atoms with E-state index in [0.717, 1.165) is 27.4 Å². The average Bonchev–Trinajstić information content (AvgIpc) is 2.78. The van der Waals surface area contributed by atoms with Crippen molar-refractivity contribution in [3.05, 3.63) is 54.4 Å². The Hall–Kier alpha value is -2.13. The first kappa shape index (κ1) is 11.0.